The third-order valence-electron chi connectivity index (χ3n) is 4.35. The van der Waals surface area contributed by atoms with Crippen LogP contribution in [0.25, 0.3) is 0 Å². The first kappa shape index (κ1) is 29.2. The van der Waals surface area contributed by atoms with E-state index in [0.717, 1.165) is 6.08 Å². The molecule has 1 unspecified atom stereocenters. The average molecular weight is 537 g/mol. The van der Waals surface area contributed by atoms with Gasteiger partial charge in [0.2, 0.25) is 11.4 Å². The van der Waals surface area contributed by atoms with E-state index >= 15 is 0 Å². The second kappa shape index (κ2) is 11.3. The van der Waals surface area contributed by atoms with Gasteiger partial charge in [0.05, 0.1) is 11.5 Å². The molecule has 0 aliphatic heterocycles. The fraction of sp³-hybridized carbons (Fsp3) is 0.360. The normalized spacial score (nSPS) is 15.9. The molecule has 0 saturated carbocycles. The molecule has 1 N–H and O–H groups in total. The van der Waals surface area contributed by atoms with Crippen LogP contribution < -0.4 is 0 Å². The summed E-state index contributed by atoms with van der Waals surface area (Å²) in [7, 11) is 0. The van der Waals surface area contributed by atoms with Crippen molar-refractivity contribution in [3.63, 3.8) is 0 Å². The van der Waals surface area contributed by atoms with Crippen molar-refractivity contribution in [2.75, 3.05) is 6.61 Å². The number of allylic oxidation sites excluding steroid dienone is 2. The Morgan fingerprint density at radius 1 is 0.829 bits per heavy atom. The monoisotopic (exact) mass is 536 g/mol. The molecule has 35 heavy (non-hydrogen) atoms. The summed E-state index contributed by atoms with van der Waals surface area (Å²) in [5.74, 6) is -1.89. The molecule has 0 aromatic heterocycles. The molecular formula is C25H26F6O2S2. The molecule has 0 heterocycles. The van der Waals surface area contributed by atoms with Crippen molar-refractivity contribution >= 4 is 23.5 Å². The van der Waals surface area contributed by atoms with E-state index in [1.165, 1.54) is 43.3 Å². The fourth-order valence-electron chi connectivity index (χ4n) is 2.91. The van der Waals surface area contributed by atoms with E-state index in [4.69, 9.17) is 4.74 Å². The minimum atomic E-state index is -5.52. The van der Waals surface area contributed by atoms with Crippen LogP contribution in [0.5, 0.6) is 0 Å². The Hall–Kier alpha value is -2.04. The minimum Gasteiger partial charge on any atom is -0.489 e. The third-order valence-corrected chi connectivity index (χ3v) is 6.68. The molecule has 0 bridgehead atoms. The van der Waals surface area contributed by atoms with E-state index < -0.39 is 45.5 Å². The van der Waals surface area contributed by atoms with Crippen LogP contribution in [-0.2, 0) is 4.74 Å². The molecule has 0 aliphatic rings. The van der Waals surface area contributed by atoms with Crippen molar-refractivity contribution in [2.45, 2.75) is 55.4 Å². The van der Waals surface area contributed by atoms with Gasteiger partial charge in [0.1, 0.15) is 0 Å². The Kier molecular flexibility index (Phi) is 9.46. The Labute approximate surface area is 209 Å². The maximum Gasteiger partial charge on any atom is 0.449 e. The SMILES string of the molecule is CCO/C(=C(/Sc1ccccc1)C(O)(/C(=C/C(C)(C)C)Sc1ccccc1)C(F)(F)F)C(F)(F)F. The molecule has 2 rings (SSSR count). The van der Waals surface area contributed by atoms with Crippen molar-refractivity contribution in [3.05, 3.63) is 82.3 Å². The number of thioether (sulfide) groups is 2. The van der Waals surface area contributed by atoms with E-state index in [1.54, 1.807) is 45.0 Å². The second-order valence-corrected chi connectivity index (χ2v) is 10.7. The Bertz CT molecular complexity index is 1030. The lowest BCUT2D eigenvalue weighted by Gasteiger charge is -2.37. The van der Waals surface area contributed by atoms with Gasteiger partial charge >= 0.3 is 12.4 Å². The standard InChI is InChI=1S/C25H26F6O2S2/c1-5-33-20(24(26,27)28)21(35-18-14-10-7-11-15-18)23(32,25(29,30)31)19(16-22(2,3)4)34-17-12-8-6-9-13-17/h6-16,32H,5H2,1-4H3/b19-16-,21-20+. The zero-order valence-electron chi connectivity index (χ0n) is 19.5. The summed E-state index contributed by atoms with van der Waals surface area (Å²) >= 11 is 0.728. The summed E-state index contributed by atoms with van der Waals surface area (Å²) in [6.45, 7) is 5.46. The van der Waals surface area contributed by atoms with Crippen LogP contribution in [-0.4, -0.2) is 29.7 Å². The van der Waals surface area contributed by atoms with Crippen molar-refractivity contribution in [1.29, 1.82) is 0 Å². The molecule has 0 saturated heterocycles. The highest BCUT2D eigenvalue weighted by molar-refractivity contribution is 8.04. The van der Waals surface area contributed by atoms with E-state index in [9.17, 15) is 31.4 Å². The van der Waals surface area contributed by atoms with Gasteiger partial charge in [-0.25, -0.2) is 0 Å². The first-order chi connectivity index (χ1) is 16.1. The zero-order chi connectivity index (χ0) is 26.5. The molecule has 10 heteroatoms. The van der Waals surface area contributed by atoms with Gasteiger partial charge in [-0.1, -0.05) is 86.8 Å². The molecule has 2 nitrogen and oxygen atoms in total. The van der Waals surface area contributed by atoms with Crippen LogP contribution >= 0.6 is 23.5 Å². The number of hydrogen-bond donors (Lipinski definition) is 1. The maximum absolute atomic E-state index is 14.8. The van der Waals surface area contributed by atoms with Crippen molar-refractivity contribution in [3.8, 4) is 0 Å². The average Bonchev–Trinajstić information content (AvgIpc) is 2.74. The molecule has 2 aromatic carbocycles. The highest BCUT2D eigenvalue weighted by Gasteiger charge is 2.62. The van der Waals surface area contributed by atoms with E-state index in [0.29, 0.717) is 16.7 Å². The van der Waals surface area contributed by atoms with Gasteiger partial charge in [-0.05, 0) is 36.6 Å². The van der Waals surface area contributed by atoms with Crippen LogP contribution in [0, 0.1) is 5.41 Å². The number of halogens is 6. The summed E-state index contributed by atoms with van der Waals surface area (Å²) in [6.07, 6.45) is -9.67. The summed E-state index contributed by atoms with van der Waals surface area (Å²) in [5.41, 5.74) is -4.93. The van der Waals surface area contributed by atoms with Gasteiger partial charge in [-0.2, -0.15) is 26.3 Å². The number of benzene rings is 2. The molecule has 192 valence electrons. The predicted octanol–water partition coefficient (Wildman–Crippen LogP) is 8.60. The summed E-state index contributed by atoms with van der Waals surface area (Å²) in [6, 6.07) is 15.1. The Morgan fingerprint density at radius 3 is 1.66 bits per heavy atom. The van der Waals surface area contributed by atoms with Crippen LogP contribution in [0.3, 0.4) is 0 Å². The number of hydrogen-bond acceptors (Lipinski definition) is 4. The molecule has 0 spiro atoms. The minimum absolute atomic E-state index is 0.0754. The molecule has 2 aromatic rings. The summed E-state index contributed by atoms with van der Waals surface area (Å²) < 4.78 is 91.5. The number of ether oxygens (including phenoxy) is 1. The number of alkyl halides is 6. The summed E-state index contributed by atoms with van der Waals surface area (Å²) in [5, 5.41) is 11.4. The van der Waals surface area contributed by atoms with Gasteiger partial charge in [-0.15, -0.1) is 0 Å². The van der Waals surface area contributed by atoms with Gasteiger partial charge < -0.3 is 9.84 Å². The Morgan fingerprint density at radius 2 is 1.29 bits per heavy atom. The van der Waals surface area contributed by atoms with Crippen molar-refractivity contribution < 1.29 is 36.2 Å². The maximum atomic E-state index is 14.8. The van der Waals surface area contributed by atoms with E-state index in [2.05, 4.69) is 0 Å². The highest BCUT2D eigenvalue weighted by atomic mass is 32.2. The fourth-order valence-corrected chi connectivity index (χ4v) is 5.47. The molecule has 1 atom stereocenters. The van der Waals surface area contributed by atoms with E-state index in [-0.39, 0.29) is 16.7 Å². The van der Waals surface area contributed by atoms with E-state index in [1.807, 2.05) is 0 Å². The molecule has 0 amide bonds. The van der Waals surface area contributed by atoms with Gasteiger partial charge in [0.25, 0.3) is 0 Å². The quantitative estimate of drug-likeness (QED) is 0.208. The lowest BCUT2D eigenvalue weighted by atomic mass is 9.91. The predicted molar refractivity (Wildman–Crippen MR) is 128 cm³/mol. The number of aliphatic hydroxyl groups is 1. The smallest absolute Gasteiger partial charge is 0.449 e. The van der Waals surface area contributed by atoms with Gasteiger partial charge in [0, 0.05) is 14.7 Å². The van der Waals surface area contributed by atoms with Crippen molar-refractivity contribution in [1.82, 2.24) is 0 Å². The van der Waals surface area contributed by atoms with Crippen LogP contribution in [0.2, 0.25) is 0 Å². The van der Waals surface area contributed by atoms with Gasteiger partial charge in [0.15, 0.2) is 0 Å². The molecule has 0 fully saturated rings. The van der Waals surface area contributed by atoms with Crippen LogP contribution in [0.1, 0.15) is 27.7 Å². The van der Waals surface area contributed by atoms with Crippen LogP contribution in [0.15, 0.2) is 92.1 Å². The molecule has 0 aliphatic carbocycles. The Balaban J connectivity index is 2.95. The van der Waals surface area contributed by atoms with Gasteiger partial charge in [-0.3, -0.25) is 0 Å². The summed E-state index contributed by atoms with van der Waals surface area (Å²) in [4.78, 5) is -1.71. The second-order valence-electron chi connectivity index (χ2n) is 8.50. The first-order valence-corrected chi connectivity index (χ1v) is 12.2. The number of rotatable bonds is 8. The molecule has 0 radical (unpaired) electrons. The largest absolute Gasteiger partial charge is 0.489 e. The lowest BCUT2D eigenvalue weighted by molar-refractivity contribution is -0.226. The zero-order valence-corrected chi connectivity index (χ0v) is 21.1. The topological polar surface area (TPSA) is 29.5 Å². The lowest BCUT2D eigenvalue weighted by Crippen LogP contribution is -2.49. The third kappa shape index (κ3) is 7.72. The van der Waals surface area contributed by atoms with Crippen molar-refractivity contribution in [2.24, 2.45) is 5.41 Å². The first-order valence-electron chi connectivity index (χ1n) is 10.5. The highest BCUT2D eigenvalue weighted by Crippen LogP contribution is 2.55. The van der Waals surface area contributed by atoms with Crippen LogP contribution in [0.4, 0.5) is 26.3 Å². The molecular weight excluding hydrogens is 510 g/mol.